The van der Waals surface area contributed by atoms with Crippen molar-refractivity contribution in [1.29, 1.82) is 5.26 Å². The standard InChI is InChI=1S/C25H14Br2F8N4O2/c26-16-10-14(23(29,24(30,31)32)25(33,34)35)11-17(27)20(16)38-21(40)15-5-1-6-18(19(15)28)39(9-3-7-36)22(41)13-4-2-8-37-12-13/h1-2,4-6,8,10-12H,3,9H2,(H,38,40). The summed E-state index contributed by atoms with van der Waals surface area (Å²) in [7, 11) is 0. The highest BCUT2D eigenvalue weighted by molar-refractivity contribution is 9.11. The van der Waals surface area contributed by atoms with Crippen LogP contribution >= 0.6 is 31.9 Å². The number of amides is 2. The number of hydrogen-bond acceptors (Lipinski definition) is 4. The molecule has 0 saturated carbocycles. The Balaban J connectivity index is 2.01. The molecule has 0 bridgehead atoms. The van der Waals surface area contributed by atoms with E-state index in [2.05, 4.69) is 42.2 Å². The first-order valence-electron chi connectivity index (χ1n) is 11.0. The van der Waals surface area contributed by atoms with Crippen LogP contribution in [0.1, 0.15) is 32.7 Å². The van der Waals surface area contributed by atoms with Crippen LogP contribution in [0.15, 0.2) is 63.8 Å². The molecule has 0 atom stereocenters. The summed E-state index contributed by atoms with van der Waals surface area (Å²) in [4.78, 5) is 30.7. The summed E-state index contributed by atoms with van der Waals surface area (Å²) in [6, 6.07) is 8.41. The topological polar surface area (TPSA) is 86.1 Å². The summed E-state index contributed by atoms with van der Waals surface area (Å²) in [6.45, 7) is -0.270. The molecule has 41 heavy (non-hydrogen) atoms. The molecule has 1 aromatic heterocycles. The van der Waals surface area contributed by atoms with Gasteiger partial charge in [0.15, 0.2) is 5.82 Å². The van der Waals surface area contributed by atoms with Gasteiger partial charge in [-0.25, -0.2) is 8.78 Å². The predicted octanol–water partition coefficient (Wildman–Crippen LogP) is 7.85. The van der Waals surface area contributed by atoms with Crippen molar-refractivity contribution >= 4 is 55.0 Å². The average molecular weight is 714 g/mol. The summed E-state index contributed by atoms with van der Waals surface area (Å²) in [5, 5.41) is 11.1. The van der Waals surface area contributed by atoms with Crippen molar-refractivity contribution in [3.05, 3.63) is 86.3 Å². The molecule has 0 radical (unpaired) electrons. The number of alkyl halides is 7. The van der Waals surface area contributed by atoms with Crippen molar-refractivity contribution in [2.24, 2.45) is 0 Å². The molecule has 1 N–H and O–H groups in total. The number of nitrogens with one attached hydrogen (secondary N) is 1. The molecule has 6 nitrogen and oxygen atoms in total. The molecule has 0 saturated heterocycles. The maximum absolute atomic E-state index is 15.6. The zero-order valence-electron chi connectivity index (χ0n) is 20.0. The third-order valence-corrected chi connectivity index (χ3v) is 6.83. The van der Waals surface area contributed by atoms with E-state index in [0.29, 0.717) is 0 Å². The predicted molar refractivity (Wildman–Crippen MR) is 137 cm³/mol. The first kappa shape index (κ1) is 31.9. The number of rotatable bonds is 7. The second-order valence-corrected chi connectivity index (χ2v) is 9.88. The number of pyridine rings is 1. The van der Waals surface area contributed by atoms with Crippen LogP contribution in [0.25, 0.3) is 0 Å². The minimum absolute atomic E-state index is 0.0503. The number of anilines is 2. The molecule has 1 heterocycles. The van der Waals surface area contributed by atoms with Gasteiger partial charge in [0, 0.05) is 33.4 Å². The van der Waals surface area contributed by atoms with Crippen molar-refractivity contribution in [2.75, 3.05) is 16.8 Å². The van der Waals surface area contributed by atoms with E-state index in [0.717, 1.165) is 17.0 Å². The lowest BCUT2D eigenvalue weighted by Crippen LogP contribution is -2.50. The molecule has 0 aliphatic rings. The molecular weight excluding hydrogens is 700 g/mol. The monoisotopic (exact) mass is 712 g/mol. The lowest BCUT2D eigenvalue weighted by molar-refractivity contribution is -0.348. The van der Waals surface area contributed by atoms with Gasteiger partial charge in [-0.15, -0.1) is 0 Å². The van der Waals surface area contributed by atoms with Gasteiger partial charge in [0.05, 0.1) is 35.0 Å². The molecule has 2 aromatic carbocycles. The van der Waals surface area contributed by atoms with Crippen LogP contribution < -0.4 is 10.2 Å². The molecule has 0 aliphatic heterocycles. The smallest absolute Gasteiger partial charge is 0.320 e. The molecule has 2 amide bonds. The maximum atomic E-state index is 15.6. The normalized spacial score (nSPS) is 12.0. The second kappa shape index (κ2) is 12.1. The van der Waals surface area contributed by atoms with Crippen LogP contribution in [-0.2, 0) is 5.67 Å². The van der Waals surface area contributed by atoms with E-state index in [-0.39, 0.29) is 30.7 Å². The van der Waals surface area contributed by atoms with Gasteiger partial charge in [0.2, 0.25) is 0 Å². The fourth-order valence-corrected chi connectivity index (χ4v) is 4.99. The first-order chi connectivity index (χ1) is 19.0. The third kappa shape index (κ3) is 6.35. The maximum Gasteiger partial charge on any atom is 0.435 e. The quantitative estimate of drug-likeness (QED) is 0.253. The molecule has 0 spiro atoms. The van der Waals surface area contributed by atoms with Crippen molar-refractivity contribution < 1.29 is 44.7 Å². The number of halogens is 10. The SMILES string of the molecule is N#CCCN(C(=O)c1cccnc1)c1cccc(C(=O)Nc2c(Br)cc(C(F)(C(F)(F)F)C(F)(F)F)cc2Br)c1F. The van der Waals surface area contributed by atoms with Gasteiger partial charge in [-0.2, -0.15) is 31.6 Å². The summed E-state index contributed by atoms with van der Waals surface area (Å²) in [5.41, 5.74) is -9.02. The van der Waals surface area contributed by atoms with E-state index in [1.54, 1.807) is 0 Å². The lowest BCUT2D eigenvalue weighted by atomic mass is 9.94. The highest BCUT2D eigenvalue weighted by atomic mass is 79.9. The van der Waals surface area contributed by atoms with Crippen molar-refractivity contribution in [2.45, 2.75) is 24.4 Å². The van der Waals surface area contributed by atoms with E-state index < -0.39 is 67.1 Å². The van der Waals surface area contributed by atoms with Gasteiger partial charge in [-0.3, -0.25) is 14.6 Å². The average Bonchev–Trinajstić information content (AvgIpc) is 2.90. The number of benzene rings is 2. The second-order valence-electron chi connectivity index (χ2n) is 8.17. The van der Waals surface area contributed by atoms with Crippen molar-refractivity contribution in [1.82, 2.24) is 4.98 Å². The molecule has 0 unspecified atom stereocenters. The Morgan fingerprint density at radius 1 is 0.976 bits per heavy atom. The summed E-state index contributed by atoms with van der Waals surface area (Å²) in [6.07, 6.45) is -10.4. The number of hydrogen-bond donors (Lipinski definition) is 1. The van der Waals surface area contributed by atoms with Gasteiger partial charge >= 0.3 is 18.0 Å². The van der Waals surface area contributed by atoms with Crippen LogP contribution in [0.3, 0.4) is 0 Å². The van der Waals surface area contributed by atoms with E-state index in [9.17, 15) is 40.3 Å². The Morgan fingerprint density at radius 3 is 2.10 bits per heavy atom. The highest BCUT2D eigenvalue weighted by Crippen LogP contribution is 2.54. The van der Waals surface area contributed by atoms with Crippen LogP contribution in [0.2, 0.25) is 0 Å². The number of carbonyl (C=O) groups excluding carboxylic acids is 2. The Bertz CT molecular complexity index is 1470. The van der Waals surface area contributed by atoms with E-state index in [4.69, 9.17) is 5.26 Å². The van der Waals surface area contributed by atoms with Crippen molar-refractivity contribution in [3.63, 3.8) is 0 Å². The Hall–Kier alpha value is -3.58. The summed E-state index contributed by atoms with van der Waals surface area (Å²) >= 11 is 5.45. The lowest BCUT2D eigenvalue weighted by Gasteiger charge is -2.31. The Morgan fingerprint density at radius 2 is 1.59 bits per heavy atom. The molecule has 16 heteroatoms. The molecule has 0 fully saturated rings. The number of aromatic nitrogens is 1. The molecule has 3 rings (SSSR count). The van der Waals surface area contributed by atoms with Crippen LogP contribution in [0.5, 0.6) is 0 Å². The zero-order valence-corrected chi connectivity index (χ0v) is 23.2. The number of nitrogens with zero attached hydrogens (tertiary/aromatic N) is 3. The fourth-order valence-electron chi connectivity index (χ4n) is 3.60. The number of nitriles is 1. The van der Waals surface area contributed by atoms with Gasteiger partial charge in [-0.05, 0) is 68.3 Å². The van der Waals surface area contributed by atoms with Gasteiger partial charge in [0.25, 0.3) is 11.8 Å². The summed E-state index contributed by atoms with van der Waals surface area (Å²) in [5.74, 6) is -3.18. The molecule has 0 aliphatic carbocycles. The minimum Gasteiger partial charge on any atom is -0.320 e. The van der Waals surface area contributed by atoms with E-state index in [1.807, 2.05) is 6.07 Å². The third-order valence-electron chi connectivity index (χ3n) is 5.57. The number of carbonyl (C=O) groups is 2. The van der Waals surface area contributed by atoms with Crippen LogP contribution in [-0.4, -0.2) is 35.7 Å². The van der Waals surface area contributed by atoms with Gasteiger partial charge < -0.3 is 10.2 Å². The van der Waals surface area contributed by atoms with Gasteiger partial charge in [0.1, 0.15) is 0 Å². The Kier molecular flexibility index (Phi) is 9.44. The van der Waals surface area contributed by atoms with Crippen molar-refractivity contribution in [3.8, 4) is 6.07 Å². The first-order valence-corrected chi connectivity index (χ1v) is 12.6. The van der Waals surface area contributed by atoms with Crippen LogP contribution in [0, 0.1) is 17.1 Å². The van der Waals surface area contributed by atoms with E-state index in [1.165, 1.54) is 30.6 Å². The van der Waals surface area contributed by atoms with E-state index >= 15 is 4.39 Å². The molecule has 216 valence electrons. The highest BCUT2D eigenvalue weighted by Gasteiger charge is 2.73. The molecule has 3 aromatic rings. The zero-order chi connectivity index (χ0) is 30.8. The summed E-state index contributed by atoms with van der Waals surface area (Å²) < 4.78 is 108. The van der Waals surface area contributed by atoms with Gasteiger partial charge in [-0.1, -0.05) is 6.07 Å². The fraction of sp³-hybridized carbons (Fsp3) is 0.200. The Labute approximate surface area is 243 Å². The molecular formula is C25H14Br2F8N4O2. The van der Waals surface area contributed by atoms with Crippen LogP contribution in [0.4, 0.5) is 46.5 Å². The largest absolute Gasteiger partial charge is 0.435 e. The minimum atomic E-state index is -6.37.